The lowest BCUT2D eigenvalue weighted by Crippen LogP contribution is -2.31. The van der Waals surface area contributed by atoms with Crippen LogP contribution in [0.3, 0.4) is 0 Å². The Hall–Kier alpha value is -1.58. The Bertz CT molecular complexity index is 453. The number of anilines is 2. The van der Waals surface area contributed by atoms with Crippen LogP contribution < -0.4 is 20.5 Å². The molecule has 0 amide bonds. The van der Waals surface area contributed by atoms with Crippen molar-refractivity contribution in [2.24, 2.45) is 0 Å². The van der Waals surface area contributed by atoms with Crippen molar-refractivity contribution in [1.29, 1.82) is 0 Å². The minimum Gasteiger partial charge on any atom is -0.486 e. The van der Waals surface area contributed by atoms with Crippen molar-refractivity contribution in [3.8, 4) is 11.5 Å². The van der Waals surface area contributed by atoms with Crippen LogP contribution in [0.25, 0.3) is 0 Å². The molecule has 2 aliphatic rings. The first kappa shape index (κ1) is 11.5. The number of nitrogen functional groups attached to an aromatic ring is 1. The van der Waals surface area contributed by atoms with E-state index in [0.29, 0.717) is 13.2 Å². The summed E-state index contributed by atoms with van der Waals surface area (Å²) in [5.74, 6) is 1.54. The van der Waals surface area contributed by atoms with Gasteiger partial charge in [-0.05, 0) is 19.8 Å². The van der Waals surface area contributed by atoms with E-state index < -0.39 is 0 Å². The van der Waals surface area contributed by atoms with E-state index in [1.807, 2.05) is 12.1 Å². The average molecular weight is 248 g/mol. The first-order chi connectivity index (χ1) is 8.66. The number of hydrogen-bond donors (Lipinski definition) is 2. The van der Waals surface area contributed by atoms with E-state index in [9.17, 15) is 0 Å². The number of fused-ring (bicyclic) bond motifs is 1. The maximum absolute atomic E-state index is 6.08. The third kappa shape index (κ3) is 2.07. The molecule has 1 fully saturated rings. The predicted octanol–water partition coefficient (Wildman–Crippen LogP) is 2.78. The van der Waals surface area contributed by atoms with Gasteiger partial charge >= 0.3 is 0 Å². The van der Waals surface area contributed by atoms with Crippen molar-refractivity contribution >= 4 is 11.4 Å². The number of nitrogens with two attached hydrogens (primary N) is 1. The molecule has 1 aliphatic heterocycles. The van der Waals surface area contributed by atoms with Crippen LogP contribution in [0.2, 0.25) is 0 Å². The van der Waals surface area contributed by atoms with Crippen LogP contribution in [-0.4, -0.2) is 18.8 Å². The van der Waals surface area contributed by atoms with Gasteiger partial charge in [-0.2, -0.15) is 0 Å². The van der Waals surface area contributed by atoms with Gasteiger partial charge in [-0.25, -0.2) is 0 Å². The lowest BCUT2D eigenvalue weighted by Gasteiger charge is -2.29. The highest BCUT2D eigenvalue weighted by Gasteiger charge is 2.29. The number of benzene rings is 1. The van der Waals surface area contributed by atoms with Gasteiger partial charge in [0.05, 0.1) is 11.4 Å². The van der Waals surface area contributed by atoms with Crippen LogP contribution in [-0.2, 0) is 0 Å². The van der Waals surface area contributed by atoms with Gasteiger partial charge < -0.3 is 20.5 Å². The Morgan fingerprint density at radius 2 is 1.72 bits per heavy atom. The fourth-order valence-corrected chi connectivity index (χ4v) is 2.82. The van der Waals surface area contributed by atoms with Crippen LogP contribution in [0, 0.1) is 0 Å². The molecule has 1 aliphatic carbocycles. The third-order valence-corrected chi connectivity index (χ3v) is 3.86. The summed E-state index contributed by atoms with van der Waals surface area (Å²) in [6.07, 6.45) is 4.96. The molecule has 4 heteroatoms. The quantitative estimate of drug-likeness (QED) is 0.790. The number of hydrogen-bond acceptors (Lipinski definition) is 4. The molecule has 0 aromatic heterocycles. The van der Waals surface area contributed by atoms with E-state index in [1.165, 1.54) is 25.7 Å². The Morgan fingerprint density at radius 3 is 2.39 bits per heavy atom. The van der Waals surface area contributed by atoms with Gasteiger partial charge in [0.25, 0.3) is 0 Å². The highest BCUT2D eigenvalue weighted by molar-refractivity contribution is 5.73. The van der Waals surface area contributed by atoms with E-state index in [2.05, 4.69) is 12.2 Å². The van der Waals surface area contributed by atoms with E-state index in [4.69, 9.17) is 15.2 Å². The molecule has 1 aromatic rings. The summed E-state index contributed by atoms with van der Waals surface area (Å²) in [7, 11) is 0. The van der Waals surface area contributed by atoms with Crippen molar-refractivity contribution < 1.29 is 9.47 Å². The van der Waals surface area contributed by atoms with Gasteiger partial charge in [-0.15, -0.1) is 0 Å². The Labute approximate surface area is 107 Å². The number of ether oxygens (including phenoxy) is 2. The molecule has 0 unspecified atom stereocenters. The molecule has 3 N–H and O–H groups in total. The fraction of sp³-hybridized carbons (Fsp3) is 0.571. The van der Waals surface area contributed by atoms with E-state index in [-0.39, 0.29) is 5.54 Å². The van der Waals surface area contributed by atoms with Gasteiger partial charge in [-0.1, -0.05) is 12.8 Å². The molecule has 1 aromatic carbocycles. The summed E-state index contributed by atoms with van der Waals surface area (Å²) >= 11 is 0. The summed E-state index contributed by atoms with van der Waals surface area (Å²) < 4.78 is 11.1. The second-order valence-electron chi connectivity index (χ2n) is 5.48. The second-order valence-corrected chi connectivity index (χ2v) is 5.48. The predicted molar refractivity (Wildman–Crippen MR) is 72.3 cm³/mol. The lowest BCUT2D eigenvalue weighted by molar-refractivity contribution is 0.172. The molecular formula is C14H20N2O2. The van der Waals surface area contributed by atoms with Crippen molar-refractivity contribution in [3.63, 3.8) is 0 Å². The molecule has 0 bridgehead atoms. The summed E-state index contributed by atoms with van der Waals surface area (Å²) in [5.41, 5.74) is 7.94. The summed E-state index contributed by atoms with van der Waals surface area (Å²) in [6.45, 7) is 3.46. The van der Waals surface area contributed by atoms with Crippen molar-refractivity contribution in [2.75, 3.05) is 24.3 Å². The highest BCUT2D eigenvalue weighted by Crippen LogP contribution is 2.40. The first-order valence-electron chi connectivity index (χ1n) is 6.64. The molecule has 0 spiro atoms. The zero-order valence-corrected chi connectivity index (χ0v) is 10.8. The van der Waals surface area contributed by atoms with E-state index >= 15 is 0 Å². The maximum atomic E-state index is 6.08. The van der Waals surface area contributed by atoms with Gasteiger partial charge in [0.15, 0.2) is 11.5 Å². The minimum absolute atomic E-state index is 0.165. The van der Waals surface area contributed by atoms with Crippen LogP contribution >= 0.6 is 0 Å². The van der Waals surface area contributed by atoms with Gasteiger partial charge in [0.2, 0.25) is 0 Å². The molecule has 0 radical (unpaired) electrons. The Morgan fingerprint density at radius 1 is 1.11 bits per heavy atom. The van der Waals surface area contributed by atoms with E-state index in [0.717, 1.165) is 22.9 Å². The van der Waals surface area contributed by atoms with Crippen molar-refractivity contribution in [2.45, 2.75) is 38.1 Å². The first-order valence-corrected chi connectivity index (χ1v) is 6.64. The SMILES string of the molecule is CC1(Nc2cc3c(cc2N)OCCO3)CCCC1. The van der Waals surface area contributed by atoms with Crippen LogP contribution in [0.5, 0.6) is 11.5 Å². The molecule has 3 rings (SSSR count). The average Bonchev–Trinajstić information content (AvgIpc) is 2.77. The molecular weight excluding hydrogens is 228 g/mol. The lowest BCUT2D eigenvalue weighted by atomic mass is 10.00. The number of nitrogens with one attached hydrogen (secondary N) is 1. The number of rotatable bonds is 2. The summed E-state index contributed by atoms with van der Waals surface area (Å²) in [5, 5.41) is 3.58. The zero-order chi connectivity index (χ0) is 12.6. The standard InChI is InChI=1S/C14H20N2O2/c1-14(4-2-3-5-14)16-11-9-13-12(8-10(11)15)17-6-7-18-13/h8-9,16H,2-7,15H2,1H3. The summed E-state index contributed by atoms with van der Waals surface area (Å²) in [6, 6.07) is 3.82. The smallest absolute Gasteiger partial charge is 0.163 e. The fourth-order valence-electron chi connectivity index (χ4n) is 2.82. The largest absolute Gasteiger partial charge is 0.486 e. The third-order valence-electron chi connectivity index (χ3n) is 3.86. The van der Waals surface area contributed by atoms with E-state index in [1.54, 1.807) is 0 Å². The topological polar surface area (TPSA) is 56.5 Å². The second kappa shape index (κ2) is 4.26. The van der Waals surface area contributed by atoms with Crippen molar-refractivity contribution in [1.82, 2.24) is 0 Å². The van der Waals surface area contributed by atoms with Crippen LogP contribution in [0.15, 0.2) is 12.1 Å². The maximum Gasteiger partial charge on any atom is 0.163 e. The summed E-state index contributed by atoms with van der Waals surface area (Å²) in [4.78, 5) is 0. The van der Waals surface area contributed by atoms with Gasteiger partial charge in [-0.3, -0.25) is 0 Å². The molecule has 98 valence electrons. The van der Waals surface area contributed by atoms with Crippen LogP contribution in [0.1, 0.15) is 32.6 Å². The Kier molecular flexibility index (Phi) is 2.73. The normalized spacial score (nSPS) is 20.7. The van der Waals surface area contributed by atoms with Crippen LogP contribution in [0.4, 0.5) is 11.4 Å². The molecule has 1 saturated carbocycles. The van der Waals surface area contributed by atoms with Gasteiger partial charge in [0.1, 0.15) is 13.2 Å². The molecule has 18 heavy (non-hydrogen) atoms. The highest BCUT2D eigenvalue weighted by atomic mass is 16.6. The molecule has 1 heterocycles. The Balaban J connectivity index is 1.87. The minimum atomic E-state index is 0.165. The monoisotopic (exact) mass is 248 g/mol. The van der Waals surface area contributed by atoms with Gasteiger partial charge in [0, 0.05) is 17.7 Å². The molecule has 4 nitrogen and oxygen atoms in total. The molecule has 0 saturated heterocycles. The molecule has 0 atom stereocenters. The van der Waals surface area contributed by atoms with Crippen molar-refractivity contribution in [3.05, 3.63) is 12.1 Å². The zero-order valence-electron chi connectivity index (χ0n) is 10.8.